The summed E-state index contributed by atoms with van der Waals surface area (Å²) in [6.45, 7) is 4.16. The molecular formula is C13H26N2O2. The first-order valence-corrected chi connectivity index (χ1v) is 6.71. The highest BCUT2D eigenvalue weighted by molar-refractivity contribution is 5.76. The Hall–Kier alpha value is -0.610. The second-order valence-corrected chi connectivity index (χ2v) is 4.98. The number of ether oxygens (including phenoxy) is 1. The van der Waals surface area contributed by atoms with E-state index >= 15 is 0 Å². The maximum Gasteiger partial charge on any atom is 0.221 e. The molecule has 0 aromatic heterocycles. The first-order valence-electron chi connectivity index (χ1n) is 6.71. The van der Waals surface area contributed by atoms with Crippen molar-refractivity contribution in [2.24, 2.45) is 5.92 Å². The van der Waals surface area contributed by atoms with Gasteiger partial charge in [0.15, 0.2) is 0 Å². The molecule has 4 nitrogen and oxygen atoms in total. The predicted octanol–water partition coefficient (Wildman–Crippen LogP) is 1.31. The van der Waals surface area contributed by atoms with E-state index in [1.54, 1.807) is 7.11 Å². The standard InChI is InChI=1S/C13H26N2O2/c1-11(10-12-4-3-5-12)14-7-6-13(16)15-8-9-17-2/h11-12,14H,3-10H2,1-2H3,(H,15,16). The third-order valence-corrected chi connectivity index (χ3v) is 3.38. The van der Waals surface area contributed by atoms with E-state index < -0.39 is 0 Å². The van der Waals surface area contributed by atoms with Crippen molar-refractivity contribution in [3.05, 3.63) is 0 Å². The Kier molecular flexibility index (Phi) is 7.21. The minimum absolute atomic E-state index is 0.102. The summed E-state index contributed by atoms with van der Waals surface area (Å²) in [7, 11) is 1.63. The Morgan fingerprint density at radius 3 is 2.76 bits per heavy atom. The van der Waals surface area contributed by atoms with Crippen LogP contribution in [0.3, 0.4) is 0 Å². The van der Waals surface area contributed by atoms with Gasteiger partial charge in [0.2, 0.25) is 5.91 Å². The smallest absolute Gasteiger partial charge is 0.221 e. The second-order valence-electron chi connectivity index (χ2n) is 4.98. The van der Waals surface area contributed by atoms with Crippen molar-refractivity contribution < 1.29 is 9.53 Å². The minimum Gasteiger partial charge on any atom is -0.383 e. The van der Waals surface area contributed by atoms with Gasteiger partial charge in [-0.25, -0.2) is 0 Å². The molecule has 1 fully saturated rings. The van der Waals surface area contributed by atoms with E-state index in [1.165, 1.54) is 25.7 Å². The van der Waals surface area contributed by atoms with E-state index in [1.807, 2.05) is 0 Å². The molecule has 17 heavy (non-hydrogen) atoms. The third kappa shape index (κ3) is 6.64. The van der Waals surface area contributed by atoms with Gasteiger partial charge in [0.05, 0.1) is 6.61 Å². The molecule has 1 saturated carbocycles. The fourth-order valence-electron chi connectivity index (χ4n) is 2.12. The lowest BCUT2D eigenvalue weighted by Crippen LogP contribution is -2.34. The molecule has 0 spiro atoms. The largest absolute Gasteiger partial charge is 0.383 e. The highest BCUT2D eigenvalue weighted by Gasteiger charge is 2.19. The minimum atomic E-state index is 0.102. The molecule has 4 heteroatoms. The van der Waals surface area contributed by atoms with Crippen LogP contribution in [-0.4, -0.2) is 38.8 Å². The van der Waals surface area contributed by atoms with Crippen LogP contribution in [0.1, 0.15) is 39.0 Å². The monoisotopic (exact) mass is 242 g/mol. The summed E-state index contributed by atoms with van der Waals surface area (Å²) in [5.74, 6) is 1.03. The maximum absolute atomic E-state index is 11.4. The lowest BCUT2D eigenvalue weighted by molar-refractivity contribution is -0.121. The first kappa shape index (κ1) is 14.5. The Morgan fingerprint density at radius 1 is 1.41 bits per heavy atom. The van der Waals surface area contributed by atoms with Crippen molar-refractivity contribution in [2.45, 2.75) is 45.1 Å². The molecule has 2 N–H and O–H groups in total. The van der Waals surface area contributed by atoms with Crippen LogP contribution in [0.15, 0.2) is 0 Å². The van der Waals surface area contributed by atoms with E-state index in [0.29, 0.717) is 25.6 Å². The van der Waals surface area contributed by atoms with Gasteiger partial charge in [-0.05, 0) is 19.3 Å². The third-order valence-electron chi connectivity index (χ3n) is 3.38. The maximum atomic E-state index is 11.4. The summed E-state index contributed by atoms with van der Waals surface area (Å²) < 4.78 is 4.87. The number of hydrogen-bond donors (Lipinski definition) is 2. The van der Waals surface area contributed by atoms with Gasteiger partial charge < -0.3 is 15.4 Å². The van der Waals surface area contributed by atoms with E-state index in [2.05, 4.69) is 17.6 Å². The molecule has 0 radical (unpaired) electrons. The van der Waals surface area contributed by atoms with Crippen LogP contribution in [0.4, 0.5) is 0 Å². The van der Waals surface area contributed by atoms with Crippen molar-refractivity contribution in [2.75, 3.05) is 26.8 Å². The zero-order chi connectivity index (χ0) is 12.5. The van der Waals surface area contributed by atoms with Gasteiger partial charge in [0, 0.05) is 32.7 Å². The highest BCUT2D eigenvalue weighted by Crippen LogP contribution is 2.30. The van der Waals surface area contributed by atoms with Gasteiger partial charge in [0.25, 0.3) is 0 Å². The summed E-state index contributed by atoms with van der Waals surface area (Å²) in [5, 5.41) is 6.23. The van der Waals surface area contributed by atoms with Gasteiger partial charge >= 0.3 is 0 Å². The number of rotatable bonds is 9. The zero-order valence-electron chi connectivity index (χ0n) is 11.1. The van der Waals surface area contributed by atoms with Crippen molar-refractivity contribution in [3.63, 3.8) is 0 Å². The highest BCUT2D eigenvalue weighted by atomic mass is 16.5. The van der Waals surface area contributed by atoms with Gasteiger partial charge in [-0.15, -0.1) is 0 Å². The summed E-state index contributed by atoms with van der Waals surface area (Å²) >= 11 is 0. The summed E-state index contributed by atoms with van der Waals surface area (Å²) in [5.41, 5.74) is 0. The molecule has 1 rings (SSSR count). The Labute approximate surface area is 104 Å². The molecule has 1 aliphatic rings. The first-order chi connectivity index (χ1) is 8.22. The molecule has 0 saturated heterocycles. The average molecular weight is 242 g/mol. The molecule has 1 atom stereocenters. The van der Waals surface area contributed by atoms with E-state index in [-0.39, 0.29) is 5.91 Å². The molecule has 0 aromatic carbocycles. The Morgan fingerprint density at radius 2 is 2.18 bits per heavy atom. The quantitative estimate of drug-likeness (QED) is 0.599. The predicted molar refractivity (Wildman–Crippen MR) is 68.9 cm³/mol. The van der Waals surface area contributed by atoms with E-state index in [9.17, 15) is 4.79 Å². The molecule has 100 valence electrons. The average Bonchev–Trinajstić information content (AvgIpc) is 2.24. The van der Waals surface area contributed by atoms with Crippen molar-refractivity contribution in [1.82, 2.24) is 10.6 Å². The van der Waals surface area contributed by atoms with Crippen LogP contribution < -0.4 is 10.6 Å². The van der Waals surface area contributed by atoms with E-state index in [0.717, 1.165) is 12.5 Å². The lowest BCUT2D eigenvalue weighted by atomic mass is 9.81. The van der Waals surface area contributed by atoms with Crippen LogP contribution in [0, 0.1) is 5.92 Å². The van der Waals surface area contributed by atoms with Gasteiger partial charge in [0.1, 0.15) is 0 Å². The van der Waals surface area contributed by atoms with Gasteiger partial charge in [-0.3, -0.25) is 4.79 Å². The molecule has 0 bridgehead atoms. The van der Waals surface area contributed by atoms with Crippen molar-refractivity contribution >= 4 is 5.91 Å². The molecule has 0 heterocycles. The topological polar surface area (TPSA) is 50.4 Å². The summed E-state index contributed by atoms with van der Waals surface area (Å²) in [6, 6.07) is 0.534. The van der Waals surface area contributed by atoms with Crippen LogP contribution in [0.5, 0.6) is 0 Å². The number of carbonyl (C=O) groups excluding carboxylic acids is 1. The normalized spacial score (nSPS) is 17.5. The van der Waals surface area contributed by atoms with Crippen molar-refractivity contribution in [3.8, 4) is 0 Å². The molecule has 1 unspecified atom stereocenters. The van der Waals surface area contributed by atoms with Crippen LogP contribution in [0.25, 0.3) is 0 Å². The molecule has 1 aliphatic carbocycles. The van der Waals surface area contributed by atoms with Gasteiger partial charge in [-0.1, -0.05) is 19.3 Å². The van der Waals surface area contributed by atoms with Crippen molar-refractivity contribution in [1.29, 1.82) is 0 Å². The van der Waals surface area contributed by atoms with Crippen LogP contribution in [-0.2, 0) is 9.53 Å². The number of nitrogens with one attached hydrogen (secondary N) is 2. The number of hydrogen-bond acceptors (Lipinski definition) is 3. The molecule has 1 amide bonds. The number of methoxy groups -OCH3 is 1. The Bertz CT molecular complexity index is 217. The molecular weight excluding hydrogens is 216 g/mol. The van der Waals surface area contributed by atoms with E-state index in [4.69, 9.17) is 4.74 Å². The fraction of sp³-hybridized carbons (Fsp3) is 0.923. The number of carbonyl (C=O) groups is 1. The lowest BCUT2D eigenvalue weighted by Gasteiger charge is -2.28. The molecule has 0 aliphatic heterocycles. The Balaban J connectivity index is 1.92. The van der Waals surface area contributed by atoms with Gasteiger partial charge in [-0.2, -0.15) is 0 Å². The SMILES string of the molecule is COCCNC(=O)CCNC(C)CC1CCC1. The second kappa shape index (κ2) is 8.48. The number of amides is 1. The van der Waals surface area contributed by atoms with Crippen LogP contribution >= 0.6 is 0 Å². The zero-order valence-corrected chi connectivity index (χ0v) is 11.1. The summed E-state index contributed by atoms with van der Waals surface area (Å²) in [6.07, 6.45) is 6.00. The van der Waals surface area contributed by atoms with Crippen LogP contribution in [0.2, 0.25) is 0 Å². The fourth-order valence-corrected chi connectivity index (χ4v) is 2.12. The summed E-state index contributed by atoms with van der Waals surface area (Å²) in [4.78, 5) is 11.4. The molecule has 0 aromatic rings.